The van der Waals surface area contributed by atoms with Crippen molar-refractivity contribution in [3.05, 3.63) is 28.4 Å². The van der Waals surface area contributed by atoms with Crippen molar-refractivity contribution < 1.29 is 19.0 Å². The minimum atomic E-state index is -0.175. The van der Waals surface area contributed by atoms with Crippen LogP contribution in [0, 0.1) is 5.92 Å². The number of benzene rings is 1. The SMILES string of the molecule is COc1cc(OC)c(Cl)c(-c2cc3cnc(N[C@@H]4COCC[C@@H]4NC(C)=O)nc3c(NCC3CN(C)C3)n2)c1Cl. The van der Waals surface area contributed by atoms with Gasteiger partial charge >= 0.3 is 0 Å². The first-order chi connectivity index (χ1) is 19.3. The first kappa shape index (κ1) is 28.4. The molecule has 2 atom stereocenters. The number of nitrogens with zero attached hydrogens (tertiary/aromatic N) is 4. The van der Waals surface area contributed by atoms with Crippen molar-refractivity contribution in [1.82, 2.24) is 25.2 Å². The molecule has 40 heavy (non-hydrogen) atoms. The van der Waals surface area contributed by atoms with Gasteiger partial charge in [-0.3, -0.25) is 4.79 Å². The third-order valence-electron chi connectivity index (χ3n) is 7.15. The second-order valence-corrected chi connectivity index (χ2v) is 10.9. The summed E-state index contributed by atoms with van der Waals surface area (Å²) >= 11 is 13.5. The Morgan fingerprint density at radius 2 is 1.85 bits per heavy atom. The normalized spacial score (nSPS) is 19.6. The number of carbonyl (C=O) groups excluding carboxylic acids is 1. The van der Waals surface area contributed by atoms with E-state index in [1.54, 1.807) is 12.3 Å². The molecule has 0 aliphatic carbocycles. The maximum absolute atomic E-state index is 11.7. The van der Waals surface area contributed by atoms with Gasteiger partial charge in [0.25, 0.3) is 0 Å². The van der Waals surface area contributed by atoms with E-state index in [2.05, 4.69) is 32.9 Å². The second-order valence-electron chi connectivity index (χ2n) is 10.2. The van der Waals surface area contributed by atoms with Crippen LogP contribution in [0.5, 0.6) is 11.5 Å². The molecule has 2 aliphatic rings. The molecule has 2 aromatic heterocycles. The number of rotatable bonds is 9. The maximum Gasteiger partial charge on any atom is 0.223 e. The van der Waals surface area contributed by atoms with Gasteiger partial charge in [-0.05, 0) is 19.5 Å². The number of nitrogens with one attached hydrogen (secondary N) is 3. The van der Waals surface area contributed by atoms with Crippen LogP contribution in [0.2, 0.25) is 10.0 Å². The molecule has 0 unspecified atom stereocenters. The largest absolute Gasteiger partial charge is 0.495 e. The number of amides is 1. The highest BCUT2D eigenvalue weighted by Crippen LogP contribution is 2.46. The predicted molar refractivity (Wildman–Crippen MR) is 156 cm³/mol. The van der Waals surface area contributed by atoms with Crippen LogP contribution in [0.15, 0.2) is 18.3 Å². The molecule has 5 rings (SSSR count). The molecule has 13 heteroatoms. The zero-order valence-electron chi connectivity index (χ0n) is 22.9. The smallest absolute Gasteiger partial charge is 0.223 e. The maximum atomic E-state index is 11.7. The highest BCUT2D eigenvalue weighted by molar-refractivity contribution is 6.41. The number of aromatic nitrogens is 3. The lowest BCUT2D eigenvalue weighted by Crippen LogP contribution is -2.51. The van der Waals surface area contributed by atoms with E-state index in [-0.39, 0.29) is 18.0 Å². The summed E-state index contributed by atoms with van der Waals surface area (Å²) in [7, 11) is 5.16. The standard InChI is InChI=1S/C27H33Cl2N7O4/c1-14(37)32-17-5-6-40-13-19(17)34-27-31-10-16-7-18(22-23(28)20(38-3)8-21(39-4)24(22)29)33-26(25(16)35-27)30-9-15-11-36(2)12-15/h7-8,10,15,17,19H,5-6,9,11-13H2,1-4H3,(H,30,33)(H,32,37)(H,31,34,35)/t17-,19+/m0/s1. The van der Waals surface area contributed by atoms with Gasteiger partial charge in [0.15, 0.2) is 5.82 Å². The van der Waals surface area contributed by atoms with Crippen molar-refractivity contribution in [2.45, 2.75) is 25.4 Å². The lowest BCUT2D eigenvalue weighted by atomic mass is 10.0. The number of pyridine rings is 1. The van der Waals surface area contributed by atoms with Crippen molar-refractivity contribution in [2.75, 3.05) is 64.7 Å². The molecular weight excluding hydrogens is 557 g/mol. The van der Waals surface area contributed by atoms with Crippen molar-refractivity contribution in [3.63, 3.8) is 0 Å². The lowest BCUT2D eigenvalue weighted by molar-refractivity contribution is -0.120. The average Bonchev–Trinajstić information content (AvgIpc) is 2.91. The number of carbonyl (C=O) groups is 1. The summed E-state index contributed by atoms with van der Waals surface area (Å²) in [4.78, 5) is 28.3. The summed E-state index contributed by atoms with van der Waals surface area (Å²) in [5.41, 5.74) is 1.67. The van der Waals surface area contributed by atoms with Gasteiger partial charge in [0.2, 0.25) is 11.9 Å². The second kappa shape index (κ2) is 12.2. The molecule has 2 saturated heterocycles. The Hall–Kier alpha value is -3.12. The van der Waals surface area contributed by atoms with Gasteiger partial charge in [-0.2, -0.15) is 0 Å². The van der Waals surface area contributed by atoms with E-state index in [1.165, 1.54) is 21.1 Å². The molecule has 1 amide bonds. The molecule has 1 aromatic carbocycles. The molecule has 2 fully saturated rings. The van der Waals surface area contributed by atoms with Crippen LogP contribution >= 0.6 is 23.2 Å². The molecule has 0 radical (unpaired) electrons. The number of ether oxygens (including phenoxy) is 3. The quantitative estimate of drug-likeness (QED) is 0.340. The number of likely N-dealkylation sites (tertiary alicyclic amines) is 1. The number of methoxy groups -OCH3 is 2. The third-order valence-corrected chi connectivity index (χ3v) is 7.90. The van der Waals surface area contributed by atoms with Gasteiger partial charge < -0.3 is 35.1 Å². The zero-order chi connectivity index (χ0) is 28.4. The van der Waals surface area contributed by atoms with Crippen molar-refractivity contribution in [2.24, 2.45) is 5.92 Å². The number of halogens is 2. The Labute approximate surface area is 242 Å². The van der Waals surface area contributed by atoms with E-state index in [0.717, 1.165) is 25.0 Å². The molecule has 0 saturated carbocycles. The monoisotopic (exact) mass is 589 g/mol. The van der Waals surface area contributed by atoms with Crippen LogP contribution in [-0.2, 0) is 9.53 Å². The van der Waals surface area contributed by atoms with Crippen molar-refractivity contribution in [1.29, 1.82) is 0 Å². The number of fused-ring (bicyclic) bond motifs is 1. The Morgan fingerprint density at radius 3 is 2.50 bits per heavy atom. The molecule has 214 valence electrons. The van der Waals surface area contributed by atoms with E-state index < -0.39 is 0 Å². The van der Waals surface area contributed by atoms with Crippen LogP contribution in [-0.4, -0.2) is 92.0 Å². The molecule has 0 spiro atoms. The van der Waals surface area contributed by atoms with Crippen LogP contribution < -0.4 is 25.4 Å². The summed E-state index contributed by atoms with van der Waals surface area (Å²) < 4.78 is 16.6. The van der Waals surface area contributed by atoms with E-state index >= 15 is 0 Å². The first-order valence-electron chi connectivity index (χ1n) is 13.1. The topological polar surface area (TPSA) is 123 Å². The van der Waals surface area contributed by atoms with Crippen molar-refractivity contribution >= 4 is 51.8 Å². The summed E-state index contributed by atoms with van der Waals surface area (Å²) in [5.74, 6) is 2.25. The predicted octanol–water partition coefficient (Wildman–Crippen LogP) is 3.69. The molecule has 2 aliphatic heterocycles. The summed E-state index contributed by atoms with van der Waals surface area (Å²) in [6.45, 7) is 5.26. The number of hydrogen-bond acceptors (Lipinski definition) is 10. The van der Waals surface area contributed by atoms with Gasteiger partial charge in [0, 0.05) is 62.3 Å². The van der Waals surface area contributed by atoms with Gasteiger partial charge in [0.1, 0.15) is 17.0 Å². The first-order valence-corrected chi connectivity index (χ1v) is 13.8. The molecular formula is C27H33Cl2N7O4. The highest BCUT2D eigenvalue weighted by Gasteiger charge is 2.28. The number of hydrogen-bond donors (Lipinski definition) is 3. The Morgan fingerprint density at radius 1 is 1.12 bits per heavy atom. The Balaban J connectivity index is 1.54. The minimum Gasteiger partial charge on any atom is -0.495 e. The van der Waals surface area contributed by atoms with Gasteiger partial charge in [-0.15, -0.1) is 0 Å². The fraction of sp³-hybridized carbons (Fsp3) is 0.481. The van der Waals surface area contributed by atoms with Crippen molar-refractivity contribution in [3.8, 4) is 22.8 Å². The van der Waals surface area contributed by atoms with E-state index in [4.69, 9.17) is 47.4 Å². The fourth-order valence-corrected chi connectivity index (χ4v) is 5.84. The van der Waals surface area contributed by atoms with Gasteiger partial charge in [-0.25, -0.2) is 15.0 Å². The summed E-state index contributed by atoms with van der Waals surface area (Å²) in [6, 6.07) is 3.22. The summed E-state index contributed by atoms with van der Waals surface area (Å²) in [5, 5.41) is 11.2. The molecule has 3 N–H and O–H groups in total. The molecule has 0 bridgehead atoms. The molecule has 11 nitrogen and oxygen atoms in total. The van der Waals surface area contributed by atoms with E-state index in [0.29, 0.717) is 75.6 Å². The van der Waals surface area contributed by atoms with E-state index in [9.17, 15) is 4.79 Å². The highest BCUT2D eigenvalue weighted by atomic mass is 35.5. The van der Waals surface area contributed by atoms with Crippen LogP contribution in [0.1, 0.15) is 13.3 Å². The molecule has 4 heterocycles. The van der Waals surface area contributed by atoms with Crippen LogP contribution in [0.4, 0.5) is 11.8 Å². The van der Waals surface area contributed by atoms with Gasteiger partial charge in [-0.1, -0.05) is 23.2 Å². The number of anilines is 2. The lowest BCUT2D eigenvalue weighted by Gasteiger charge is -2.36. The Kier molecular flexibility index (Phi) is 8.65. The minimum absolute atomic E-state index is 0.0884. The van der Waals surface area contributed by atoms with Crippen LogP contribution in [0.25, 0.3) is 22.2 Å². The van der Waals surface area contributed by atoms with Gasteiger partial charge in [0.05, 0.1) is 48.6 Å². The Bertz CT molecular complexity index is 1380. The fourth-order valence-electron chi connectivity index (χ4n) is 5.15. The molecule has 3 aromatic rings. The summed E-state index contributed by atoms with van der Waals surface area (Å²) in [6.07, 6.45) is 2.43. The average molecular weight is 591 g/mol. The third kappa shape index (κ3) is 5.97. The zero-order valence-corrected chi connectivity index (χ0v) is 24.4. The van der Waals surface area contributed by atoms with E-state index in [1.807, 2.05) is 6.07 Å². The van der Waals surface area contributed by atoms with Crippen LogP contribution in [0.3, 0.4) is 0 Å².